The normalized spacial score (nSPS) is 12.2. The van der Waals surface area contributed by atoms with Crippen molar-refractivity contribution in [2.24, 2.45) is 5.92 Å². The van der Waals surface area contributed by atoms with Crippen molar-refractivity contribution in [3.8, 4) is 0 Å². The molecule has 0 aliphatic carbocycles. The van der Waals surface area contributed by atoms with Crippen LogP contribution in [0, 0.1) is 5.92 Å². The number of aromatic nitrogens is 3. The molecule has 1 aromatic heterocycles. The molecule has 31 heavy (non-hydrogen) atoms. The molecule has 3 rings (SSSR count). The molecule has 0 unspecified atom stereocenters. The Hall–Kier alpha value is -1.73. The smallest absolute Gasteiger partial charge is 0.253 e. The fourth-order valence-electron chi connectivity index (χ4n) is 3.11. The molecular formula is C22H23Cl3N4OS. The Kier molecular flexibility index (Phi) is 8.28. The second-order valence-electron chi connectivity index (χ2n) is 7.28. The van der Waals surface area contributed by atoms with Gasteiger partial charge in [0.15, 0.2) is 11.0 Å². The molecular weight excluding hydrogens is 475 g/mol. The predicted molar refractivity (Wildman–Crippen MR) is 128 cm³/mol. The lowest BCUT2D eigenvalue weighted by Crippen LogP contribution is -2.34. The number of halogens is 3. The van der Waals surface area contributed by atoms with Crippen molar-refractivity contribution in [3.05, 3.63) is 74.5 Å². The van der Waals surface area contributed by atoms with E-state index < -0.39 is 0 Å². The van der Waals surface area contributed by atoms with Gasteiger partial charge < -0.3 is 9.88 Å². The summed E-state index contributed by atoms with van der Waals surface area (Å²) >= 11 is 20.0. The summed E-state index contributed by atoms with van der Waals surface area (Å²) in [6.45, 7) is 6.77. The summed E-state index contributed by atoms with van der Waals surface area (Å²) in [7, 11) is 0. The monoisotopic (exact) mass is 496 g/mol. The van der Waals surface area contributed by atoms with Crippen molar-refractivity contribution in [2.45, 2.75) is 44.3 Å². The lowest BCUT2D eigenvalue weighted by Gasteiger charge is -2.22. The Bertz CT molecular complexity index is 1070. The van der Waals surface area contributed by atoms with Crippen LogP contribution in [0.1, 0.15) is 48.6 Å². The molecule has 0 aliphatic rings. The molecule has 0 bridgehead atoms. The highest BCUT2D eigenvalue weighted by atomic mass is 35.5. The number of carbonyl (C=O) groups excluding carboxylic acids is 1. The maximum atomic E-state index is 12.9. The number of hydrogen-bond donors (Lipinski definition) is 1. The third-order valence-corrected chi connectivity index (χ3v) is 6.72. The molecule has 0 radical (unpaired) electrons. The topological polar surface area (TPSA) is 59.8 Å². The number of rotatable bonds is 8. The number of benzene rings is 2. The zero-order valence-electron chi connectivity index (χ0n) is 17.4. The van der Waals surface area contributed by atoms with Crippen LogP contribution in [0.15, 0.2) is 47.6 Å². The molecule has 164 valence electrons. The van der Waals surface area contributed by atoms with Crippen LogP contribution >= 0.6 is 46.6 Å². The van der Waals surface area contributed by atoms with Gasteiger partial charge in [-0.05, 0) is 42.7 Å². The molecule has 9 heteroatoms. The van der Waals surface area contributed by atoms with Crippen molar-refractivity contribution >= 4 is 52.5 Å². The highest BCUT2D eigenvalue weighted by Crippen LogP contribution is 2.30. The van der Waals surface area contributed by atoms with E-state index in [9.17, 15) is 4.79 Å². The Labute approximate surface area is 201 Å². The van der Waals surface area contributed by atoms with E-state index in [2.05, 4.69) is 15.5 Å². The Morgan fingerprint density at radius 1 is 1.10 bits per heavy atom. The van der Waals surface area contributed by atoms with E-state index in [0.29, 0.717) is 38.8 Å². The molecule has 0 saturated heterocycles. The average molecular weight is 498 g/mol. The number of amides is 1. The van der Waals surface area contributed by atoms with Crippen molar-refractivity contribution in [1.82, 2.24) is 20.1 Å². The Morgan fingerprint density at radius 2 is 1.84 bits per heavy atom. The fraction of sp³-hybridized carbons (Fsp3) is 0.318. The predicted octanol–water partition coefficient (Wildman–Crippen LogP) is 6.68. The number of nitrogens with zero attached hydrogens (tertiary/aromatic N) is 3. The summed E-state index contributed by atoms with van der Waals surface area (Å²) in [5, 5.41) is 14.3. The van der Waals surface area contributed by atoms with Gasteiger partial charge >= 0.3 is 0 Å². The van der Waals surface area contributed by atoms with Gasteiger partial charge in [0.05, 0.1) is 16.6 Å². The van der Waals surface area contributed by atoms with Gasteiger partial charge in [0.2, 0.25) is 0 Å². The first kappa shape index (κ1) is 23.9. The van der Waals surface area contributed by atoms with Crippen LogP contribution in [-0.2, 0) is 12.3 Å². The Morgan fingerprint density at radius 3 is 2.48 bits per heavy atom. The first-order chi connectivity index (χ1) is 14.8. The van der Waals surface area contributed by atoms with E-state index in [4.69, 9.17) is 34.8 Å². The largest absolute Gasteiger partial charge is 0.342 e. The SMILES string of the molecule is CCn1c(SCc2ccc(Cl)cc2Cl)nnc1[C@@H](NC(=O)c1ccccc1Cl)C(C)C. The quantitative estimate of drug-likeness (QED) is 0.353. The summed E-state index contributed by atoms with van der Waals surface area (Å²) in [4.78, 5) is 12.9. The summed E-state index contributed by atoms with van der Waals surface area (Å²) < 4.78 is 2.02. The maximum absolute atomic E-state index is 12.9. The van der Waals surface area contributed by atoms with Crippen molar-refractivity contribution in [1.29, 1.82) is 0 Å². The summed E-state index contributed by atoms with van der Waals surface area (Å²) in [5.41, 5.74) is 1.40. The van der Waals surface area contributed by atoms with Gasteiger partial charge in [0.25, 0.3) is 5.91 Å². The van der Waals surface area contributed by atoms with Gasteiger partial charge in [0.1, 0.15) is 0 Å². The minimum absolute atomic E-state index is 0.101. The number of thioether (sulfide) groups is 1. The lowest BCUT2D eigenvalue weighted by atomic mass is 10.0. The van der Waals surface area contributed by atoms with E-state index in [1.54, 1.807) is 42.1 Å². The van der Waals surface area contributed by atoms with Gasteiger partial charge in [-0.25, -0.2) is 0 Å². The van der Waals surface area contributed by atoms with Crippen molar-refractivity contribution in [2.75, 3.05) is 0 Å². The standard InChI is InChI=1S/C22H23Cl3N4OS/c1-4-29-20(19(13(2)3)26-21(30)16-7-5-6-8-17(16)24)27-28-22(29)31-12-14-9-10-15(23)11-18(14)25/h5-11,13,19H,4,12H2,1-3H3,(H,26,30)/t19-/m0/s1. The minimum Gasteiger partial charge on any atom is -0.342 e. The van der Waals surface area contributed by atoms with E-state index in [1.807, 2.05) is 37.5 Å². The first-order valence-corrected chi connectivity index (χ1v) is 12.0. The molecule has 1 amide bonds. The summed E-state index contributed by atoms with van der Waals surface area (Å²) in [5.74, 6) is 1.20. The van der Waals surface area contributed by atoms with Crippen LogP contribution in [0.3, 0.4) is 0 Å². The van der Waals surface area contributed by atoms with Crippen LogP contribution < -0.4 is 5.32 Å². The number of hydrogen-bond acceptors (Lipinski definition) is 4. The third kappa shape index (κ3) is 5.75. The first-order valence-electron chi connectivity index (χ1n) is 9.87. The van der Waals surface area contributed by atoms with Crippen LogP contribution in [0.25, 0.3) is 0 Å². The van der Waals surface area contributed by atoms with Crippen LogP contribution in [0.5, 0.6) is 0 Å². The molecule has 0 fully saturated rings. The van der Waals surface area contributed by atoms with E-state index in [0.717, 1.165) is 10.7 Å². The zero-order chi connectivity index (χ0) is 22.5. The molecule has 5 nitrogen and oxygen atoms in total. The summed E-state index contributed by atoms with van der Waals surface area (Å²) in [6, 6.07) is 12.1. The van der Waals surface area contributed by atoms with Crippen LogP contribution in [0.2, 0.25) is 15.1 Å². The second-order valence-corrected chi connectivity index (χ2v) is 9.48. The third-order valence-electron chi connectivity index (χ3n) is 4.78. The molecule has 3 aromatic rings. The van der Waals surface area contributed by atoms with Gasteiger partial charge in [-0.3, -0.25) is 4.79 Å². The Balaban J connectivity index is 1.82. The van der Waals surface area contributed by atoms with E-state index >= 15 is 0 Å². The highest BCUT2D eigenvalue weighted by Gasteiger charge is 2.26. The van der Waals surface area contributed by atoms with Crippen molar-refractivity contribution in [3.63, 3.8) is 0 Å². The number of carbonyl (C=O) groups is 1. The van der Waals surface area contributed by atoms with Gasteiger partial charge in [-0.2, -0.15) is 0 Å². The molecule has 1 atom stereocenters. The zero-order valence-corrected chi connectivity index (χ0v) is 20.5. The average Bonchev–Trinajstić information content (AvgIpc) is 3.13. The fourth-order valence-corrected chi connectivity index (χ4v) is 4.90. The molecule has 1 heterocycles. The number of nitrogens with one attached hydrogen (secondary N) is 1. The maximum Gasteiger partial charge on any atom is 0.253 e. The molecule has 0 aliphatic heterocycles. The van der Waals surface area contributed by atoms with E-state index in [1.165, 1.54) is 0 Å². The molecule has 0 spiro atoms. The minimum atomic E-state index is -0.315. The van der Waals surface area contributed by atoms with Gasteiger partial charge in [0, 0.05) is 22.3 Å². The lowest BCUT2D eigenvalue weighted by molar-refractivity contribution is 0.0922. The molecule has 0 saturated carbocycles. The van der Waals surface area contributed by atoms with Gasteiger partial charge in [-0.15, -0.1) is 10.2 Å². The van der Waals surface area contributed by atoms with Crippen LogP contribution in [0.4, 0.5) is 0 Å². The van der Waals surface area contributed by atoms with Gasteiger partial charge in [-0.1, -0.05) is 78.6 Å². The second kappa shape index (κ2) is 10.7. The van der Waals surface area contributed by atoms with Crippen LogP contribution in [-0.4, -0.2) is 20.7 Å². The molecule has 1 N–H and O–H groups in total. The summed E-state index contributed by atoms with van der Waals surface area (Å²) in [6.07, 6.45) is 0. The van der Waals surface area contributed by atoms with Crippen molar-refractivity contribution < 1.29 is 4.79 Å². The van der Waals surface area contributed by atoms with E-state index in [-0.39, 0.29) is 17.9 Å². The molecule has 2 aromatic carbocycles. The highest BCUT2D eigenvalue weighted by molar-refractivity contribution is 7.98.